The first kappa shape index (κ1) is 17.2. The molecule has 1 aromatic carbocycles. The molecule has 1 aromatic heterocycles. The van der Waals surface area contributed by atoms with Crippen LogP contribution in [0.25, 0.3) is 0 Å². The van der Waals surface area contributed by atoms with Crippen LogP contribution < -0.4 is 10.6 Å². The highest BCUT2D eigenvalue weighted by Gasteiger charge is 2.10. The van der Waals surface area contributed by atoms with E-state index in [1.165, 1.54) is 0 Å². The molecule has 2 aromatic rings. The Morgan fingerprint density at radius 3 is 2.52 bits per heavy atom. The summed E-state index contributed by atoms with van der Waals surface area (Å²) >= 11 is 3.15. The van der Waals surface area contributed by atoms with Crippen LogP contribution in [0.3, 0.4) is 0 Å². The number of benzene rings is 1. The zero-order valence-corrected chi connectivity index (χ0v) is 14.2. The molecular weight excluding hydrogens is 364 g/mol. The van der Waals surface area contributed by atoms with Crippen LogP contribution in [0, 0.1) is 0 Å². The highest BCUT2D eigenvalue weighted by Crippen LogP contribution is 2.16. The summed E-state index contributed by atoms with van der Waals surface area (Å²) in [4.78, 5) is 23.6. The topological polar surface area (TPSA) is 80.6 Å². The van der Waals surface area contributed by atoms with Gasteiger partial charge in [0.2, 0.25) is 5.91 Å². The molecule has 122 valence electrons. The molecule has 7 heteroatoms. The van der Waals surface area contributed by atoms with Crippen molar-refractivity contribution in [1.82, 2.24) is 5.32 Å². The quantitative estimate of drug-likeness (QED) is 0.723. The number of hydrogen-bond donors (Lipinski definition) is 2. The molecular formula is C16H17BrN2O4. The second-order valence-corrected chi connectivity index (χ2v) is 5.56. The molecule has 23 heavy (non-hydrogen) atoms. The smallest absolute Gasteiger partial charge is 0.291 e. The molecule has 0 fully saturated rings. The van der Waals surface area contributed by atoms with Crippen molar-refractivity contribution in [3.05, 3.63) is 52.4 Å². The first-order chi connectivity index (χ1) is 11.1. The minimum Gasteiger partial charge on any atom is -0.444 e. The molecule has 2 N–H and O–H groups in total. The SMILES string of the molecule is COCCNC(=O)Cc1ccc(NC(=O)c2ccc(Br)o2)cc1. The number of carbonyl (C=O) groups excluding carboxylic acids is 2. The number of carbonyl (C=O) groups is 2. The Bertz CT molecular complexity index is 667. The van der Waals surface area contributed by atoms with E-state index in [4.69, 9.17) is 9.15 Å². The third-order valence-electron chi connectivity index (χ3n) is 3.00. The van der Waals surface area contributed by atoms with E-state index in [0.717, 1.165) is 5.56 Å². The molecule has 0 saturated heterocycles. The Labute approximate surface area is 142 Å². The first-order valence-electron chi connectivity index (χ1n) is 7.00. The normalized spacial score (nSPS) is 10.3. The molecule has 0 aliphatic rings. The summed E-state index contributed by atoms with van der Waals surface area (Å²) in [7, 11) is 1.58. The molecule has 0 spiro atoms. The minimum atomic E-state index is -0.333. The van der Waals surface area contributed by atoms with E-state index < -0.39 is 0 Å². The highest BCUT2D eigenvalue weighted by atomic mass is 79.9. The predicted octanol–water partition coefficient (Wildman–Crippen LogP) is 2.60. The number of anilines is 1. The predicted molar refractivity (Wildman–Crippen MR) is 89.4 cm³/mol. The number of amides is 2. The van der Waals surface area contributed by atoms with Gasteiger partial charge in [-0.2, -0.15) is 0 Å². The number of halogens is 1. The van der Waals surface area contributed by atoms with Gasteiger partial charge in [0.25, 0.3) is 5.91 Å². The standard InChI is InChI=1S/C16H17BrN2O4/c1-22-9-8-18-15(20)10-11-2-4-12(5-3-11)19-16(21)13-6-7-14(17)23-13/h2-7H,8-10H2,1H3,(H,18,20)(H,19,21). The van der Waals surface area contributed by atoms with Crippen molar-refractivity contribution in [2.45, 2.75) is 6.42 Å². The van der Waals surface area contributed by atoms with Gasteiger partial charge in [-0.05, 0) is 45.8 Å². The second-order valence-electron chi connectivity index (χ2n) is 4.77. The maximum atomic E-state index is 11.9. The molecule has 0 unspecified atom stereocenters. The van der Waals surface area contributed by atoms with Crippen LogP contribution in [0.1, 0.15) is 16.1 Å². The lowest BCUT2D eigenvalue weighted by Gasteiger charge is -2.06. The Morgan fingerprint density at radius 1 is 1.17 bits per heavy atom. The molecule has 0 saturated carbocycles. The maximum absolute atomic E-state index is 11.9. The number of methoxy groups -OCH3 is 1. The van der Waals surface area contributed by atoms with Gasteiger partial charge in [0.15, 0.2) is 10.4 Å². The fraction of sp³-hybridized carbons (Fsp3) is 0.250. The Morgan fingerprint density at radius 2 is 1.91 bits per heavy atom. The average Bonchev–Trinajstić information content (AvgIpc) is 2.96. The molecule has 6 nitrogen and oxygen atoms in total. The monoisotopic (exact) mass is 380 g/mol. The summed E-state index contributed by atoms with van der Waals surface area (Å²) in [6.45, 7) is 0.974. The lowest BCUT2D eigenvalue weighted by molar-refractivity contribution is -0.120. The van der Waals surface area contributed by atoms with Crippen LogP contribution in [0.5, 0.6) is 0 Å². The van der Waals surface area contributed by atoms with Gasteiger partial charge in [-0.25, -0.2) is 0 Å². The molecule has 0 radical (unpaired) electrons. The Kier molecular flexibility index (Phi) is 6.37. The molecule has 0 bridgehead atoms. The largest absolute Gasteiger partial charge is 0.444 e. The molecule has 0 atom stereocenters. The van der Waals surface area contributed by atoms with Crippen LogP contribution in [0.15, 0.2) is 45.5 Å². The highest BCUT2D eigenvalue weighted by molar-refractivity contribution is 9.10. The Balaban J connectivity index is 1.87. The number of furan rings is 1. The van der Waals surface area contributed by atoms with Gasteiger partial charge < -0.3 is 19.8 Å². The van der Waals surface area contributed by atoms with Gasteiger partial charge in [0.05, 0.1) is 13.0 Å². The lowest BCUT2D eigenvalue weighted by atomic mass is 10.1. The van der Waals surface area contributed by atoms with E-state index >= 15 is 0 Å². The number of hydrogen-bond acceptors (Lipinski definition) is 4. The zero-order valence-electron chi connectivity index (χ0n) is 12.6. The van der Waals surface area contributed by atoms with Crippen molar-refractivity contribution in [2.24, 2.45) is 0 Å². The van der Waals surface area contributed by atoms with Crippen molar-refractivity contribution >= 4 is 33.4 Å². The van der Waals surface area contributed by atoms with Crippen LogP contribution in [0.4, 0.5) is 5.69 Å². The van der Waals surface area contributed by atoms with E-state index in [0.29, 0.717) is 23.5 Å². The van der Waals surface area contributed by atoms with Gasteiger partial charge >= 0.3 is 0 Å². The van der Waals surface area contributed by atoms with E-state index in [1.54, 1.807) is 43.5 Å². The van der Waals surface area contributed by atoms with Crippen LogP contribution in [-0.2, 0) is 16.0 Å². The van der Waals surface area contributed by atoms with Crippen molar-refractivity contribution in [3.8, 4) is 0 Å². The third-order valence-corrected chi connectivity index (χ3v) is 3.43. The van der Waals surface area contributed by atoms with Gasteiger partial charge in [-0.1, -0.05) is 12.1 Å². The zero-order chi connectivity index (χ0) is 16.7. The fourth-order valence-electron chi connectivity index (χ4n) is 1.88. The van der Waals surface area contributed by atoms with Crippen molar-refractivity contribution in [1.29, 1.82) is 0 Å². The van der Waals surface area contributed by atoms with Gasteiger partial charge in [0, 0.05) is 19.3 Å². The van der Waals surface area contributed by atoms with Gasteiger partial charge in [-0.15, -0.1) is 0 Å². The van der Waals surface area contributed by atoms with E-state index in [9.17, 15) is 9.59 Å². The first-order valence-corrected chi connectivity index (χ1v) is 7.79. The van der Waals surface area contributed by atoms with E-state index in [2.05, 4.69) is 26.6 Å². The van der Waals surface area contributed by atoms with Crippen LogP contribution in [0.2, 0.25) is 0 Å². The van der Waals surface area contributed by atoms with E-state index in [1.807, 2.05) is 0 Å². The molecule has 2 rings (SSSR count). The van der Waals surface area contributed by atoms with Crippen molar-refractivity contribution < 1.29 is 18.7 Å². The summed E-state index contributed by atoms with van der Waals surface area (Å²) in [5.41, 5.74) is 1.49. The summed E-state index contributed by atoms with van der Waals surface area (Å²) in [6.07, 6.45) is 0.281. The molecule has 0 aliphatic carbocycles. The van der Waals surface area contributed by atoms with E-state index in [-0.39, 0.29) is 24.0 Å². The Hall–Kier alpha value is -2.12. The van der Waals surface area contributed by atoms with Crippen LogP contribution >= 0.6 is 15.9 Å². The average molecular weight is 381 g/mol. The van der Waals surface area contributed by atoms with Crippen molar-refractivity contribution in [3.63, 3.8) is 0 Å². The summed E-state index contributed by atoms with van der Waals surface area (Å²) in [5.74, 6) is -0.182. The van der Waals surface area contributed by atoms with Crippen molar-refractivity contribution in [2.75, 3.05) is 25.6 Å². The number of nitrogens with one attached hydrogen (secondary N) is 2. The summed E-state index contributed by atoms with van der Waals surface area (Å²) in [6, 6.07) is 10.3. The van der Waals surface area contributed by atoms with Gasteiger partial charge in [-0.3, -0.25) is 9.59 Å². The molecule has 1 heterocycles. The summed E-state index contributed by atoms with van der Waals surface area (Å²) < 4.78 is 10.5. The molecule has 0 aliphatic heterocycles. The van der Waals surface area contributed by atoms with Crippen LogP contribution in [-0.4, -0.2) is 32.1 Å². The third kappa shape index (κ3) is 5.54. The fourth-order valence-corrected chi connectivity index (χ4v) is 2.18. The second kappa shape index (κ2) is 8.50. The minimum absolute atomic E-state index is 0.0701. The molecule has 2 amide bonds. The lowest BCUT2D eigenvalue weighted by Crippen LogP contribution is -2.28. The van der Waals surface area contributed by atoms with Gasteiger partial charge in [0.1, 0.15) is 0 Å². The maximum Gasteiger partial charge on any atom is 0.291 e. The number of rotatable bonds is 7. The number of ether oxygens (including phenoxy) is 1. The summed E-state index contributed by atoms with van der Waals surface area (Å²) in [5, 5.41) is 5.48.